The van der Waals surface area contributed by atoms with E-state index >= 15 is 0 Å². The fraction of sp³-hybridized carbons (Fsp3) is 0.852. The number of hydrogen-bond acceptors (Lipinski definition) is 3. The summed E-state index contributed by atoms with van der Waals surface area (Å²) in [5, 5.41) is 14.1. The average molecular weight is 430 g/mol. The molecule has 4 heteroatoms. The molecule has 4 nitrogen and oxygen atoms in total. The predicted molar refractivity (Wildman–Crippen MR) is 124 cm³/mol. The summed E-state index contributed by atoms with van der Waals surface area (Å²) in [7, 11) is 0. The normalized spacial score (nSPS) is 53.3. The fourth-order valence-corrected chi connectivity index (χ4v) is 9.08. The van der Waals surface area contributed by atoms with Crippen LogP contribution in [0.15, 0.2) is 22.8 Å². The minimum Gasteiger partial charge on any atom is -0.412 e. The Balaban J connectivity index is 0.00000204. The number of rotatable bonds is 0. The van der Waals surface area contributed by atoms with Crippen LogP contribution in [0.4, 0.5) is 0 Å². The second kappa shape index (κ2) is 7.68. The van der Waals surface area contributed by atoms with E-state index in [0.29, 0.717) is 35.5 Å². The lowest BCUT2D eigenvalue weighted by Crippen LogP contribution is -2.61. The van der Waals surface area contributed by atoms with Crippen LogP contribution >= 0.6 is 0 Å². The molecule has 1 unspecified atom stereocenters. The van der Waals surface area contributed by atoms with Crippen molar-refractivity contribution in [2.45, 2.75) is 97.0 Å². The van der Waals surface area contributed by atoms with Crippen molar-refractivity contribution in [3.05, 3.63) is 22.8 Å². The zero-order valence-corrected chi connectivity index (χ0v) is 19.9. The van der Waals surface area contributed by atoms with Gasteiger partial charge in [-0.1, -0.05) is 43.6 Å². The molecule has 4 fully saturated rings. The molecule has 174 valence electrons. The molecule has 31 heavy (non-hydrogen) atoms. The van der Waals surface area contributed by atoms with Crippen LogP contribution in [-0.4, -0.2) is 41.5 Å². The molecule has 0 spiro atoms. The van der Waals surface area contributed by atoms with Crippen molar-refractivity contribution in [2.75, 3.05) is 6.54 Å². The molecule has 0 aromatic heterocycles. The molecule has 4 N–H and O–H groups in total. The van der Waals surface area contributed by atoms with Crippen LogP contribution < -0.4 is 5.32 Å². The number of aliphatic hydroxyl groups excluding tert-OH is 1. The Bertz CT molecular complexity index is 789. The maximum Gasteiger partial charge on any atom is 0.0737 e. The number of allylic oxidation sites excluding steroid dienone is 2. The highest BCUT2D eigenvalue weighted by atomic mass is 16.5. The van der Waals surface area contributed by atoms with Gasteiger partial charge in [0, 0.05) is 12.0 Å². The molecule has 6 aliphatic rings. The molecule has 4 aliphatic carbocycles. The van der Waals surface area contributed by atoms with Crippen LogP contribution in [-0.2, 0) is 4.74 Å². The average Bonchev–Trinajstić information content (AvgIpc) is 3.09. The molecule has 11 atom stereocenters. The molecular weight excluding hydrogens is 386 g/mol. The lowest BCUT2D eigenvalue weighted by molar-refractivity contribution is -0.143. The first kappa shape index (κ1) is 22.1. The monoisotopic (exact) mass is 429 g/mol. The van der Waals surface area contributed by atoms with Gasteiger partial charge >= 0.3 is 0 Å². The van der Waals surface area contributed by atoms with E-state index in [1.54, 1.807) is 11.1 Å². The lowest BCUT2D eigenvalue weighted by atomic mass is 9.56. The van der Waals surface area contributed by atoms with Gasteiger partial charge in [0.15, 0.2) is 0 Å². The van der Waals surface area contributed by atoms with Crippen LogP contribution in [0.25, 0.3) is 0 Å². The van der Waals surface area contributed by atoms with E-state index in [0.717, 1.165) is 43.1 Å². The Kier molecular flexibility index (Phi) is 5.49. The summed E-state index contributed by atoms with van der Waals surface area (Å²) >= 11 is 0. The first-order valence-electron chi connectivity index (χ1n) is 12.8. The quantitative estimate of drug-likeness (QED) is 0.571. The third-order valence-corrected chi connectivity index (χ3v) is 10.7. The Morgan fingerprint density at radius 3 is 2.77 bits per heavy atom. The summed E-state index contributed by atoms with van der Waals surface area (Å²) in [5.74, 6) is 4.30. The number of fused-ring (bicyclic) bond motifs is 7. The summed E-state index contributed by atoms with van der Waals surface area (Å²) in [6.45, 7) is 11.0. The SMILES string of the molecule is CC1=C2C[C@H]3[C@@H](CC=C4C[C@@H](O)CC[C@@]43C)[C@@H]2CC2O[C@@H]3C[C@H](C)CN[C@H]3[C@@H](C)[C@@H]12.O. The number of nitrogens with one attached hydrogen (secondary N) is 1. The van der Waals surface area contributed by atoms with Crippen molar-refractivity contribution < 1.29 is 15.3 Å². The minimum absolute atomic E-state index is 0. The van der Waals surface area contributed by atoms with Crippen LogP contribution in [0.2, 0.25) is 0 Å². The number of hydrogen-bond donors (Lipinski definition) is 2. The molecular formula is C27H43NO3. The number of aliphatic hydroxyl groups is 1. The molecule has 2 heterocycles. The van der Waals surface area contributed by atoms with Crippen molar-refractivity contribution in [1.29, 1.82) is 0 Å². The first-order valence-corrected chi connectivity index (χ1v) is 12.8. The maximum atomic E-state index is 10.3. The highest BCUT2D eigenvalue weighted by Gasteiger charge is 2.57. The van der Waals surface area contributed by atoms with E-state index in [2.05, 4.69) is 39.1 Å². The largest absolute Gasteiger partial charge is 0.412 e. The van der Waals surface area contributed by atoms with Gasteiger partial charge in [-0.05, 0) is 93.4 Å². The van der Waals surface area contributed by atoms with Crippen molar-refractivity contribution in [3.8, 4) is 0 Å². The van der Waals surface area contributed by atoms with Crippen molar-refractivity contribution in [3.63, 3.8) is 0 Å². The Morgan fingerprint density at radius 1 is 1.16 bits per heavy atom. The van der Waals surface area contributed by atoms with Crippen LogP contribution in [0.5, 0.6) is 0 Å². The van der Waals surface area contributed by atoms with Gasteiger partial charge in [-0.3, -0.25) is 0 Å². The van der Waals surface area contributed by atoms with Crippen molar-refractivity contribution in [2.24, 2.45) is 40.9 Å². The topological polar surface area (TPSA) is 73.0 Å². The predicted octanol–water partition coefficient (Wildman–Crippen LogP) is 4.03. The Morgan fingerprint density at radius 2 is 1.97 bits per heavy atom. The summed E-state index contributed by atoms with van der Waals surface area (Å²) in [6, 6.07) is 0.531. The summed E-state index contributed by atoms with van der Waals surface area (Å²) in [5.41, 5.74) is 5.39. The van der Waals surface area contributed by atoms with Gasteiger partial charge in [-0.2, -0.15) is 0 Å². The molecule has 2 aliphatic heterocycles. The van der Waals surface area contributed by atoms with Gasteiger partial charge < -0.3 is 20.6 Å². The van der Waals surface area contributed by atoms with Crippen molar-refractivity contribution in [1.82, 2.24) is 5.32 Å². The van der Waals surface area contributed by atoms with Crippen LogP contribution in [0, 0.1) is 40.9 Å². The molecule has 0 aromatic carbocycles. The van der Waals surface area contributed by atoms with E-state index in [9.17, 15) is 5.11 Å². The van der Waals surface area contributed by atoms with E-state index in [-0.39, 0.29) is 11.6 Å². The van der Waals surface area contributed by atoms with Crippen LogP contribution in [0.3, 0.4) is 0 Å². The summed E-state index contributed by atoms with van der Waals surface area (Å²) < 4.78 is 6.89. The molecule has 6 rings (SSSR count). The number of piperidine rings is 1. The fourth-order valence-electron chi connectivity index (χ4n) is 9.08. The zero-order valence-electron chi connectivity index (χ0n) is 19.9. The zero-order chi connectivity index (χ0) is 20.8. The van der Waals surface area contributed by atoms with E-state index in [4.69, 9.17) is 4.74 Å². The molecule has 0 aromatic rings. The van der Waals surface area contributed by atoms with Crippen molar-refractivity contribution >= 4 is 0 Å². The van der Waals surface area contributed by atoms with Gasteiger partial charge in [0.05, 0.1) is 18.3 Å². The highest BCUT2D eigenvalue weighted by Crippen LogP contribution is 2.64. The molecule has 0 amide bonds. The summed E-state index contributed by atoms with van der Waals surface area (Å²) in [4.78, 5) is 0. The minimum atomic E-state index is -0.110. The third kappa shape index (κ3) is 3.15. The lowest BCUT2D eigenvalue weighted by Gasteiger charge is -2.53. The Labute approximate surface area is 188 Å². The number of ether oxygens (including phenoxy) is 1. The smallest absolute Gasteiger partial charge is 0.0737 e. The second-order valence-corrected chi connectivity index (χ2v) is 12.2. The van der Waals surface area contributed by atoms with E-state index in [1.807, 2.05) is 5.57 Å². The standard InChI is InChI=1S/C27H41NO2.H2O/c1-14-9-24-26(28-13-14)16(3)25-15(2)20-11-22-19(21(20)12-23(25)30-24)6-5-17-10-18(29)7-8-27(17,22)4;/h5,14,16,18-19,21-26,28-29H,6-13H2,1-4H3;1H2/t14-,16-,18-,19-,21-,22-,23?,24+,25+,26-,27-;/m0./s1. The van der Waals surface area contributed by atoms with Gasteiger partial charge in [0.2, 0.25) is 0 Å². The van der Waals surface area contributed by atoms with Gasteiger partial charge in [0.25, 0.3) is 0 Å². The summed E-state index contributed by atoms with van der Waals surface area (Å²) in [6.07, 6.45) is 11.3. The molecule has 0 bridgehead atoms. The Hall–Kier alpha value is -0.680. The first-order chi connectivity index (χ1) is 14.4. The van der Waals surface area contributed by atoms with E-state index < -0.39 is 0 Å². The van der Waals surface area contributed by atoms with E-state index in [1.165, 1.54) is 32.1 Å². The third-order valence-electron chi connectivity index (χ3n) is 10.7. The van der Waals surface area contributed by atoms with Gasteiger partial charge in [-0.15, -0.1) is 0 Å². The molecule has 0 radical (unpaired) electrons. The second-order valence-electron chi connectivity index (χ2n) is 12.2. The maximum absolute atomic E-state index is 10.3. The van der Waals surface area contributed by atoms with Gasteiger partial charge in [-0.25, -0.2) is 0 Å². The van der Waals surface area contributed by atoms with Gasteiger partial charge in [0.1, 0.15) is 0 Å². The highest BCUT2D eigenvalue weighted by molar-refractivity contribution is 5.35. The van der Waals surface area contributed by atoms with Crippen LogP contribution in [0.1, 0.15) is 72.6 Å². The molecule has 2 saturated carbocycles. The molecule has 2 saturated heterocycles.